The van der Waals surface area contributed by atoms with Crippen LogP contribution >= 0.6 is 0 Å². The summed E-state index contributed by atoms with van der Waals surface area (Å²) in [7, 11) is 1.54. The number of carbonyl (C=O) groups is 1. The first-order valence-corrected chi connectivity index (χ1v) is 5.50. The third kappa shape index (κ3) is 3.53. The number of hydrogen-bond acceptors (Lipinski definition) is 4. The molecule has 18 heavy (non-hydrogen) atoms. The molecule has 1 rings (SSSR count). The summed E-state index contributed by atoms with van der Waals surface area (Å²) in [5, 5.41) is 13.5. The van der Waals surface area contributed by atoms with E-state index in [4.69, 9.17) is 4.74 Å². The lowest BCUT2D eigenvalue weighted by Crippen LogP contribution is -2.35. The molecule has 0 spiro atoms. The van der Waals surface area contributed by atoms with Crippen molar-refractivity contribution in [2.45, 2.75) is 19.9 Å². The fraction of sp³-hybridized carbons (Fsp3) is 0.417. The summed E-state index contributed by atoms with van der Waals surface area (Å²) < 4.78 is 4.90. The first-order chi connectivity index (χ1) is 8.45. The number of benzene rings is 1. The number of nitro groups is 1. The summed E-state index contributed by atoms with van der Waals surface area (Å²) in [6, 6.07) is 4.26. The van der Waals surface area contributed by atoms with Gasteiger partial charge in [0.15, 0.2) is 0 Å². The Morgan fingerprint density at radius 2 is 2.22 bits per heavy atom. The number of methoxy groups -OCH3 is 1. The van der Waals surface area contributed by atoms with Crippen LogP contribution in [-0.4, -0.2) is 30.6 Å². The van der Waals surface area contributed by atoms with Gasteiger partial charge in [-0.1, -0.05) is 6.07 Å². The number of amides is 1. The average Bonchev–Trinajstić information content (AvgIpc) is 2.29. The standard InChI is InChI=1S/C12H16N2O4/c1-8-4-5-10(6-11(8)14(16)17)12(15)13-9(2)7-18-3/h4-6,9H,7H2,1-3H3,(H,13,15). The maximum Gasteiger partial charge on any atom is 0.273 e. The molecular weight excluding hydrogens is 236 g/mol. The van der Waals surface area contributed by atoms with E-state index in [2.05, 4.69) is 5.32 Å². The van der Waals surface area contributed by atoms with Gasteiger partial charge in [-0.3, -0.25) is 14.9 Å². The summed E-state index contributed by atoms with van der Waals surface area (Å²) in [5.74, 6) is -0.345. The highest BCUT2D eigenvalue weighted by Crippen LogP contribution is 2.19. The van der Waals surface area contributed by atoms with Crippen molar-refractivity contribution < 1.29 is 14.5 Å². The first kappa shape index (κ1) is 14.1. The molecule has 0 fully saturated rings. The van der Waals surface area contributed by atoms with Gasteiger partial charge in [0, 0.05) is 30.3 Å². The molecule has 1 atom stereocenters. The molecule has 0 saturated carbocycles. The van der Waals surface area contributed by atoms with Gasteiger partial charge in [-0.15, -0.1) is 0 Å². The Balaban J connectivity index is 2.87. The Morgan fingerprint density at radius 3 is 2.78 bits per heavy atom. The number of rotatable bonds is 5. The van der Waals surface area contributed by atoms with Crippen LogP contribution in [0.4, 0.5) is 5.69 Å². The van der Waals surface area contributed by atoms with Gasteiger partial charge in [-0.05, 0) is 19.9 Å². The van der Waals surface area contributed by atoms with Gasteiger partial charge in [-0.2, -0.15) is 0 Å². The third-order valence-electron chi connectivity index (χ3n) is 2.46. The minimum Gasteiger partial charge on any atom is -0.383 e. The normalized spacial score (nSPS) is 11.9. The van der Waals surface area contributed by atoms with Gasteiger partial charge in [0.1, 0.15) is 0 Å². The number of carbonyl (C=O) groups excluding carboxylic acids is 1. The Bertz CT molecular complexity index is 459. The van der Waals surface area contributed by atoms with Gasteiger partial charge in [-0.25, -0.2) is 0 Å². The molecule has 1 amide bonds. The molecule has 1 aromatic rings. The van der Waals surface area contributed by atoms with E-state index in [0.717, 1.165) is 0 Å². The lowest BCUT2D eigenvalue weighted by molar-refractivity contribution is -0.385. The molecule has 0 aliphatic carbocycles. The number of nitrogens with one attached hydrogen (secondary N) is 1. The number of ether oxygens (including phenoxy) is 1. The minimum atomic E-state index is -0.495. The summed E-state index contributed by atoms with van der Waals surface area (Å²) in [6.07, 6.45) is 0. The van der Waals surface area contributed by atoms with Crippen molar-refractivity contribution in [1.82, 2.24) is 5.32 Å². The van der Waals surface area contributed by atoms with Crippen LogP contribution in [0.1, 0.15) is 22.8 Å². The molecule has 1 aromatic carbocycles. The zero-order valence-electron chi connectivity index (χ0n) is 10.6. The molecule has 0 saturated heterocycles. The van der Waals surface area contributed by atoms with E-state index in [-0.39, 0.29) is 23.2 Å². The lowest BCUT2D eigenvalue weighted by Gasteiger charge is -2.12. The fourth-order valence-corrected chi connectivity index (χ4v) is 1.55. The molecular formula is C12H16N2O4. The number of nitrogens with zero attached hydrogens (tertiary/aromatic N) is 1. The smallest absolute Gasteiger partial charge is 0.273 e. The SMILES string of the molecule is COCC(C)NC(=O)c1ccc(C)c([N+](=O)[O-])c1. The van der Waals surface area contributed by atoms with Gasteiger partial charge in [0.25, 0.3) is 11.6 Å². The number of aryl methyl sites for hydroxylation is 1. The van der Waals surface area contributed by atoms with Crippen molar-refractivity contribution in [3.05, 3.63) is 39.4 Å². The Kier molecular flexibility index (Phi) is 4.79. The molecule has 6 nitrogen and oxygen atoms in total. The van der Waals surface area contributed by atoms with E-state index in [1.165, 1.54) is 6.07 Å². The first-order valence-electron chi connectivity index (χ1n) is 5.50. The van der Waals surface area contributed by atoms with Crippen LogP contribution in [0, 0.1) is 17.0 Å². The van der Waals surface area contributed by atoms with Crippen molar-refractivity contribution in [1.29, 1.82) is 0 Å². The predicted molar refractivity (Wildman–Crippen MR) is 66.6 cm³/mol. The number of nitro benzene ring substituents is 1. The summed E-state index contributed by atoms with van der Waals surface area (Å²) >= 11 is 0. The Hall–Kier alpha value is -1.95. The molecule has 0 aliphatic heterocycles. The monoisotopic (exact) mass is 252 g/mol. The van der Waals surface area contributed by atoms with Crippen LogP contribution in [0.15, 0.2) is 18.2 Å². The zero-order valence-corrected chi connectivity index (χ0v) is 10.6. The molecule has 1 N–H and O–H groups in total. The second-order valence-electron chi connectivity index (χ2n) is 4.09. The van der Waals surface area contributed by atoms with Crippen molar-refractivity contribution in [2.75, 3.05) is 13.7 Å². The summed E-state index contributed by atoms with van der Waals surface area (Å²) in [6.45, 7) is 3.82. The zero-order chi connectivity index (χ0) is 13.7. The average molecular weight is 252 g/mol. The molecule has 0 aliphatic rings. The molecule has 0 bridgehead atoms. The summed E-state index contributed by atoms with van der Waals surface area (Å²) in [5.41, 5.74) is 0.749. The quantitative estimate of drug-likeness (QED) is 0.638. The molecule has 0 radical (unpaired) electrons. The van der Waals surface area contributed by atoms with E-state index in [1.54, 1.807) is 33.1 Å². The lowest BCUT2D eigenvalue weighted by atomic mass is 10.1. The second kappa shape index (κ2) is 6.11. The Morgan fingerprint density at radius 1 is 1.56 bits per heavy atom. The molecule has 0 heterocycles. The van der Waals surface area contributed by atoms with Crippen molar-refractivity contribution in [2.24, 2.45) is 0 Å². The van der Waals surface area contributed by atoms with Crippen molar-refractivity contribution in [3.8, 4) is 0 Å². The van der Waals surface area contributed by atoms with Crippen LogP contribution < -0.4 is 5.32 Å². The van der Waals surface area contributed by atoms with Crippen LogP contribution in [0.3, 0.4) is 0 Å². The summed E-state index contributed by atoms with van der Waals surface area (Å²) in [4.78, 5) is 22.1. The van der Waals surface area contributed by atoms with Crippen LogP contribution in [0.2, 0.25) is 0 Å². The van der Waals surface area contributed by atoms with E-state index in [9.17, 15) is 14.9 Å². The number of hydrogen-bond donors (Lipinski definition) is 1. The van der Waals surface area contributed by atoms with Gasteiger partial charge < -0.3 is 10.1 Å². The maximum atomic E-state index is 11.8. The molecule has 0 aromatic heterocycles. The van der Waals surface area contributed by atoms with Crippen molar-refractivity contribution in [3.63, 3.8) is 0 Å². The van der Waals surface area contributed by atoms with Crippen molar-refractivity contribution >= 4 is 11.6 Å². The largest absolute Gasteiger partial charge is 0.383 e. The van der Waals surface area contributed by atoms with E-state index < -0.39 is 4.92 Å². The van der Waals surface area contributed by atoms with Gasteiger partial charge in [0.05, 0.1) is 11.5 Å². The topological polar surface area (TPSA) is 81.5 Å². The molecule has 6 heteroatoms. The second-order valence-corrected chi connectivity index (χ2v) is 4.09. The van der Waals surface area contributed by atoms with Crippen LogP contribution in [-0.2, 0) is 4.74 Å². The highest BCUT2D eigenvalue weighted by atomic mass is 16.6. The van der Waals surface area contributed by atoms with E-state index in [0.29, 0.717) is 12.2 Å². The van der Waals surface area contributed by atoms with Gasteiger partial charge >= 0.3 is 0 Å². The van der Waals surface area contributed by atoms with Gasteiger partial charge in [0.2, 0.25) is 0 Å². The van der Waals surface area contributed by atoms with Crippen LogP contribution in [0.5, 0.6) is 0 Å². The fourth-order valence-electron chi connectivity index (χ4n) is 1.55. The Labute approximate surface area is 105 Å². The molecule has 1 unspecified atom stereocenters. The van der Waals surface area contributed by atoms with E-state index >= 15 is 0 Å². The highest BCUT2D eigenvalue weighted by Gasteiger charge is 2.16. The highest BCUT2D eigenvalue weighted by molar-refractivity contribution is 5.95. The van der Waals surface area contributed by atoms with E-state index in [1.807, 2.05) is 0 Å². The maximum absolute atomic E-state index is 11.8. The minimum absolute atomic E-state index is 0.0537. The van der Waals surface area contributed by atoms with Crippen LogP contribution in [0.25, 0.3) is 0 Å². The molecule has 98 valence electrons. The predicted octanol–water partition coefficient (Wildman–Crippen LogP) is 1.67. The third-order valence-corrected chi connectivity index (χ3v) is 2.46.